The molecule has 0 amide bonds. The number of halogens is 2. The Bertz CT molecular complexity index is 657. The van der Waals surface area contributed by atoms with Crippen LogP contribution in [0, 0.1) is 11.6 Å². The number of ether oxygens (including phenoxy) is 1. The van der Waals surface area contributed by atoms with Crippen molar-refractivity contribution in [2.45, 2.75) is 18.9 Å². The van der Waals surface area contributed by atoms with Crippen LogP contribution in [-0.4, -0.2) is 13.7 Å². The van der Waals surface area contributed by atoms with Crippen molar-refractivity contribution in [1.82, 2.24) is 5.32 Å². The van der Waals surface area contributed by atoms with E-state index >= 15 is 0 Å². The molecule has 1 unspecified atom stereocenters. The van der Waals surface area contributed by atoms with Crippen LogP contribution in [0.25, 0.3) is 0 Å². The molecule has 21 heavy (non-hydrogen) atoms. The van der Waals surface area contributed by atoms with Crippen molar-refractivity contribution in [3.63, 3.8) is 0 Å². The summed E-state index contributed by atoms with van der Waals surface area (Å²) in [5.74, 6) is 0.0577. The molecule has 0 bridgehead atoms. The quantitative estimate of drug-likeness (QED) is 0.935. The second kappa shape index (κ2) is 5.82. The molecule has 0 aromatic heterocycles. The molecule has 0 radical (unpaired) electrons. The predicted molar refractivity (Wildman–Crippen MR) is 77.5 cm³/mol. The Labute approximate surface area is 122 Å². The third-order valence-corrected chi connectivity index (χ3v) is 3.94. The maximum Gasteiger partial charge on any atom is 0.126 e. The molecule has 1 heterocycles. The zero-order valence-corrected chi connectivity index (χ0v) is 11.8. The van der Waals surface area contributed by atoms with Crippen LogP contribution in [0.1, 0.15) is 22.7 Å². The molecule has 2 aromatic carbocycles. The monoisotopic (exact) mass is 289 g/mol. The molecule has 0 aliphatic carbocycles. The first-order chi connectivity index (χ1) is 10.2. The van der Waals surface area contributed by atoms with Gasteiger partial charge in [0.15, 0.2) is 0 Å². The molecule has 4 heteroatoms. The first-order valence-corrected chi connectivity index (χ1v) is 7.01. The molecule has 1 aliphatic heterocycles. The molecule has 0 saturated heterocycles. The fourth-order valence-electron chi connectivity index (χ4n) is 2.86. The fraction of sp³-hybridized carbons (Fsp3) is 0.294. The van der Waals surface area contributed by atoms with E-state index in [2.05, 4.69) is 5.32 Å². The van der Waals surface area contributed by atoms with Gasteiger partial charge in [0.1, 0.15) is 17.4 Å². The lowest BCUT2D eigenvalue weighted by atomic mass is 9.90. The summed E-state index contributed by atoms with van der Waals surface area (Å²) in [7, 11) is 1.64. The topological polar surface area (TPSA) is 21.3 Å². The van der Waals surface area contributed by atoms with Gasteiger partial charge in [-0.2, -0.15) is 0 Å². The van der Waals surface area contributed by atoms with Gasteiger partial charge in [-0.3, -0.25) is 0 Å². The summed E-state index contributed by atoms with van der Waals surface area (Å²) in [5, 5.41) is 3.38. The van der Waals surface area contributed by atoms with E-state index in [1.54, 1.807) is 7.11 Å². The molecule has 3 rings (SSSR count). The fourth-order valence-corrected chi connectivity index (χ4v) is 2.86. The Kier molecular flexibility index (Phi) is 3.88. The molecular formula is C17H17F2NO. The Morgan fingerprint density at radius 1 is 1.19 bits per heavy atom. The minimum atomic E-state index is -0.405. The average Bonchev–Trinajstić information content (AvgIpc) is 2.50. The van der Waals surface area contributed by atoms with Crippen LogP contribution in [0.15, 0.2) is 36.4 Å². The zero-order valence-electron chi connectivity index (χ0n) is 11.8. The Morgan fingerprint density at radius 2 is 2.05 bits per heavy atom. The summed E-state index contributed by atoms with van der Waals surface area (Å²) < 4.78 is 32.3. The Hall–Kier alpha value is -1.94. The third kappa shape index (κ3) is 2.90. The molecule has 1 atom stereocenters. The van der Waals surface area contributed by atoms with E-state index in [0.717, 1.165) is 30.3 Å². The predicted octanol–water partition coefficient (Wildman–Crippen LogP) is 3.40. The second-order valence-corrected chi connectivity index (χ2v) is 5.26. The average molecular weight is 289 g/mol. The van der Waals surface area contributed by atoms with Crippen LogP contribution in [0.4, 0.5) is 8.78 Å². The SMILES string of the molecule is COc1ccc2c(c1)CCNC2Cc1cc(F)ccc1F. The van der Waals surface area contributed by atoms with Crippen molar-refractivity contribution in [3.05, 3.63) is 64.7 Å². The van der Waals surface area contributed by atoms with Gasteiger partial charge >= 0.3 is 0 Å². The van der Waals surface area contributed by atoms with E-state index in [4.69, 9.17) is 4.74 Å². The minimum Gasteiger partial charge on any atom is -0.497 e. The standard InChI is InChI=1S/C17H17F2NO/c1-21-14-3-4-15-11(9-14)6-7-20-17(15)10-12-8-13(18)2-5-16(12)19/h2-5,8-9,17,20H,6-7,10H2,1H3. The molecule has 110 valence electrons. The molecule has 0 fully saturated rings. The zero-order chi connectivity index (χ0) is 14.8. The highest BCUT2D eigenvalue weighted by molar-refractivity contribution is 5.40. The lowest BCUT2D eigenvalue weighted by molar-refractivity contribution is 0.412. The van der Waals surface area contributed by atoms with Crippen molar-refractivity contribution < 1.29 is 13.5 Å². The second-order valence-electron chi connectivity index (χ2n) is 5.26. The first kappa shape index (κ1) is 14.0. The van der Waals surface area contributed by atoms with E-state index in [1.165, 1.54) is 17.7 Å². The van der Waals surface area contributed by atoms with E-state index in [1.807, 2.05) is 18.2 Å². The number of hydrogen-bond acceptors (Lipinski definition) is 2. The summed E-state index contributed by atoms with van der Waals surface area (Å²) >= 11 is 0. The van der Waals surface area contributed by atoms with Crippen LogP contribution in [-0.2, 0) is 12.8 Å². The lowest BCUT2D eigenvalue weighted by Crippen LogP contribution is -2.31. The highest BCUT2D eigenvalue weighted by atomic mass is 19.1. The van der Waals surface area contributed by atoms with E-state index in [9.17, 15) is 8.78 Å². The molecule has 0 spiro atoms. The van der Waals surface area contributed by atoms with Crippen LogP contribution >= 0.6 is 0 Å². The first-order valence-electron chi connectivity index (χ1n) is 7.01. The number of methoxy groups -OCH3 is 1. The molecule has 1 aliphatic rings. The summed E-state index contributed by atoms with van der Waals surface area (Å²) in [6, 6.07) is 9.52. The molecule has 2 aromatic rings. The van der Waals surface area contributed by atoms with Crippen molar-refractivity contribution >= 4 is 0 Å². The van der Waals surface area contributed by atoms with Gasteiger partial charge in [0.05, 0.1) is 7.11 Å². The van der Waals surface area contributed by atoms with E-state index < -0.39 is 5.82 Å². The van der Waals surface area contributed by atoms with Gasteiger partial charge in [-0.1, -0.05) is 6.07 Å². The Morgan fingerprint density at radius 3 is 2.86 bits per heavy atom. The van der Waals surface area contributed by atoms with E-state index in [-0.39, 0.29) is 11.9 Å². The third-order valence-electron chi connectivity index (χ3n) is 3.94. The van der Waals surface area contributed by atoms with Crippen LogP contribution in [0.3, 0.4) is 0 Å². The minimum absolute atomic E-state index is 0.00374. The number of fused-ring (bicyclic) bond motifs is 1. The van der Waals surface area contributed by atoms with Crippen molar-refractivity contribution in [1.29, 1.82) is 0 Å². The summed E-state index contributed by atoms with van der Waals surface area (Å²) in [5.41, 5.74) is 2.73. The molecular weight excluding hydrogens is 272 g/mol. The maximum atomic E-state index is 13.8. The van der Waals surface area contributed by atoms with Crippen molar-refractivity contribution in [2.24, 2.45) is 0 Å². The largest absolute Gasteiger partial charge is 0.497 e. The van der Waals surface area contributed by atoms with Gasteiger partial charge in [-0.15, -0.1) is 0 Å². The van der Waals surface area contributed by atoms with Crippen molar-refractivity contribution in [2.75, 3.05) is 13.7 Å². The van der Waals surface area contributed by atoms with Crippen LogP contribution < -0.4 is 10.1 Å². The summed E-state index contributed by atoms with van der Waals surface area (Å²) in [4.78, 5) is 0. The molecule has 1 N–H and O–H groups in total. The number of nitrogens with one attached hydrogen (secondary N) is 1. The molecule has 0 saturated carbocycles. The number of rotatable bonds is 3. The van der Waals surface area contributed by atoms with Crippen LogP contribution in [0.2, 0.25) is 0 Å². The van der Waals surface area contributed by atoms with Gasteiger partial charge < -0.3 is 10.1 Å². The number of hydrogen-bond donors (Lipinski definition) is 1. The normalized spacial score (nSPS) is 17.4. The number of benzene rings is 2. The summed E-state index contributed by atoms with van der Waals surface area (Å²) in [6.07, 6.45) is 1.34. The molecule has 2 nitrogen and oxygen atoms in total. The highest BCUT2D eigenvalue weighted by Crippen LogP contribution is 2.29. The maximum absolute atomic E-state index is 13.8. The van der Waals surface area contributed by atoms with Gasteiger partial charge in [-0.25, -0.2) is 8.78 Å². The van der Waals surface area contributed by atoms with Gasteiger partial charge in [0.25, 0.3) is 0 Å². The highest BCUT2D eigenvalue weighted by Gasteiger charge is 2.21. The van der Waals surface area contributed by atoms with E-state index in [0.29, 0.717) is 12.0 Å². The Balaban J connectivity index is 1.90. The van der Waals surface area contributed by atoms with Crippen LogP contribution in [0.5, 0.6) is 5.75 Å². The van der Waals surface area contributed by atoms with Gasteiger partial charge in [0.2, 0.25) is 0 Å². The smallest absolute Gasteiger partial charge is 0.126 e. The lowest BCUT2D eigenvalue weighted by Gasteiger charge is -2.27. The van der Waals surface area contributed by atoms with Crippen molar-refractivity contribution in [3.8, 4) is 5.75 Å². The van der Waals surface area contributed by atoms with Gasteiger partial charge in [0, 0.05) is 6.04 Å². The summed E-state index contributed by atoms with van der Waals surface area (Å²) in [6.45, 7) is 0.821. The van der Waals surface area contributed by atoms with Gasteiger partial charge in [-0.05, 0) is 66.4 Å².